The minimum absolute atomic E-state index is 0.133. The molecule has 10 heteroatoms. The van der Waals surface area contributed by atoms with Crippen LogP contribution in [-0.2, 0) is 19.6 Å². The van der Waals surface area contributed by atoms with Crippen molar-refractivity contribution in [3.8, 4) is 5.75 Å². The van der Waals surface area contributed by atoms with Gasteiger partial charge in [-0.05, 0) is 56.0 Å². The number of carbonyl (C=O) groups excluding carboxylic acids is 2. The summed E-state index contributed by atoms with van der Waals surface area (Å²) in [4.78, 5) is 28.3. The Balaban J connectivity index is 1.44. The molecule has 1 aliphatic rings. The molecule has 0 aliphatic carbocycles. The topological polar surface area (TPSA) is 118 Å². The van der Waals surface area contributed by atoms with Gasteiger partial charge in [0.05, 0.1) is 0 Å². The number of nitrogens with zero attached hydrogens (tertiary/aromatic N) is 2. The summed E-state index contributed by atoms with van der Waals surface area (Å²) >= 11 is 0. The van der Waals surface area contributed by atoms with Crippen LogP contribution in [0, 0.1) is 19.8 Å². The number of ether oxygens (including phenoxy) is 1. The van der Waals surface area contributed by atoms with Crippen LogP contribution < -0.4 is 15.6 Å². The van der Waals surface area contributed by atoms with Crippen LogP contribution in [0.25, 0.3) is 0 Å². The Kier molecular flexibility index (Phi) is 7.24. The SMILES string of the molecule is Cc1ccc(C)c(OCC(=O)NNC(=O)C2CCN(S(=O)(=O)c3cccnc3)CC2)c1. The van der Waals surface area contributed by atoms with Crippen LogP contribution in [0.3, 0.4) is 0 Å². The van der Waals surface area contributed by atoms with Crippen LogP contribution in [0.1, 0.15) is 24.0 Å². The zero-order valence-electron chi connectivity index (χ0n) is 17.5. The third-order valence-corrected chi connectivity index (χ3v) is 7.01. The van der Waals surface area contributed by atoms with E-state index in [1.807, 2.05) is 32.0 Å². The van der Waals surface area contributed by atoms with E-state index in [1.165, 1.54) is 22.8 Å². The number of hydrazine groups is 1. The molecule has 1 fully saturated rings. The van der Waals surface area contributed by atoms with Gasteiger partial charge < -0.3 is 4.74 Å². The predicted octanol–water partition coefficient (Wildman–Crippen LogP) is 1.33. The van der Waals surface area contributed by atoms with E-state index < -0.39 is 15.9 Å². The average molecular weight is 447 g/mol. The van der Waals surface area contributed by atoms with Gasteiger partial charge in [-0.3, -0.25) is 25.4 Å². The molecule has 2 aromatic rings. The molecule has 31 heavy (non-hydrogen) atoms. The Morgan fingerprint density at radius 1 is 1.16 bits per heavy atom. The number of carbonyl (C=O) groups is 2. The van der Waals surface area contributed by atoms with E-state index in [0.29, 0.717) is 18.6 Å². The van der Waals surface area contributed by atoms with Gasteiger partial charge in [0.2, 0.25) is 15.9 Å². The normalized spacial score (nSPS) is 15.3. The summed E-state index contributed by atoms with van der Waals surface area (Å²) in [6, 6.07) is 8.77. The lowest BCUT2D eigenvalue weighted by molar-refractivity contribution is -0.132. The highest BCUT2D eigenvalue weighted by atomic mass is 32.2. The van der Waals surface area contributed by atoms with Gasteiger partial charge >= 0.3 is 0 Å². The number of piperidine rings is 1. The number of benzene rings is 1. The molecule has 9 nitrogen and oxygen atoms in total. The van der Waals surface area contributed by atoms with Crippen molar-refractivity contribution in [2.45, 2.75) is 31.6 Å². The Bertz CT molecular complexity index is 1030. The van der Waals surface area contributed by atoms with Crippen molar-refractivity contribution in [3.05, 3.63) is 53.9 Å². The molecule has 3 rings (SSSR count). The summed E-state index contributed by atoms with van der Waals surface area (Å²) < 4.78 is 32.1. The summed E-state index contributed by atoms with van der Waals surface area (Å²) in [5.74, 6) is -0.603. The van der Waals surface area contributed by atoms with Crippen molar-refractivity contribution in [2.75, 3.05) is 19.7 Å². The maximum absolute atomic E-state index is 12.6. The first-order valence-electron chi connectivity index (χ1n) is 9.96. The molecule has 0 radical (unpaired) electrons. The molecule has 0 unspecified atom stereocenters. The molecule has 2 N–H and O–H groups in total. The highest BCUT2D eigenvalue weighted by Gasteiger charge is 2.32. The fourth-order valence-corrected chi connectivity index (χ4v) is 4.72. The van der Waals surface area contributed by atoms with Crippen LogP contribution in [0.15, 0.2) is 47.6 Å². The van der Waals surface area contributed by atoms with E-state index in [1.54, 1.807) is 6.07 Å². The van der Waals surface area contributed by atoms with Crippen LogP contribution in [-0.4, -0.2) is 49.2 Å². The summed E-state index contributed by atoms with van der Waals surface area (Å²) in [6.45, 7) is 4.03. The van der Waals surface area contributed by atoms with E-state index in [2.05, 4.69) is 15.8 Å². The van der Waals surface area contributed by atoms with Crippen LogP contribution in [0.2, 0.25) is 0 Å². The Morgan fingerprint density at radius 2 is 1.90 bits per heavy atom. The fourth-order valence-electron chi connectivity index (χ4n) is 3.28. The van der Waals surface area contributed by atoms with Crippen LogP contribution in [0.4, 0.5) is 0 Å². The highest BCUT2D eigenvalue weighted by molar-refractivity contribution is 7.89. The number of hydrogen-bond acceptors (Lipinski definition) is 6. The molecule has 0 spiro atoms. The van der Waals surface area contributed by atoms with Gasteiger partial charge in [0, 0.05) is 31.4 Å². The molecule has 1 aliphatic heterocycles. The molecule has 0 atom stereocenters. The Morgan fingerprint density at radius 3 is 2.58 bits per heavy atom. The molecule has 2 heterocycles. The second-order valence-electron chi connectivity index (χ2n) is 7.46. The minimum Gasteiger partial charge on any atom is -0.483 e. The largest absolute Gasteiger partial charge is 0.483 e. The standard InChI is InChI=1S/C21H26N4O5S/c1-15-5-6-16(2)19(12-15)30-14-20(26)23-24-21(27)17-7-10-25(11-8-17)31(28,29)18-4-3-9-22-13-18/h3-6,9,12-13,17H,7-8,10-11,14H2,1-2H3,(H,23,26)(H,24,27). The average Bonchev–Trinajstić information content (AvgIpc) is 2.78. The number of pyridine rings is 1. The van der Waals surface area contributed by atoms with Gasteiger partial charge in [-0.2, -0.15) is 4.31 Å². The van der Waals surface area contributed by atoms with Gasteiger partial charge in [0.15, 0.2) is 6.61 Å². The lowest BCUT2D eigenvalue weighted by atomic mass is 9.98. The monoisotopic (exact) mass is 446 g/mol. The molecular weight excluding hydrogens is 420 g/mol. The fraction of sp³-hybridized carbons (Fsp3) is 0.381. The second-order valence-corrected chi connectivity index (χ2v) is 9.40. The van der Waals surface area contributed by atoms with Crippen molar-refractivity contribution in [2.24, 2.45) is 5.92 Å². The summed E-state index contributed by atoms with van der Waals surface area (Å²) in [7, 11) is -3.62. The van der Waals surface area contributed by atoms with Crippen molar-refractivity contribution in [1.82, 2.24) is 20.1 Å². The van der Waals surface area contributed by atoms with Gasteiger partial charge in [-0.25, -0.2) is 8.42 Å². The van der Waals surface area contributed by atoms with Crippen molar-refractivity contribution < 1.29 is 22.7 Å². The lowest BCUT2D eigenvalue weighted by Gasteiger charge is -2.30. The second kappa shape index (κ2) is 9.88. The van der Waals surface area contributed by atoms with E-state index in [9.17, 15) is 18.0 Å². The minimum atomic E-state index is -3.62. The van der Waals surface area contributed by atoms with Crippen molar-refractivity contribution in [3.63, 3.8) is 0 Å². The number of nitrogens with one attached hydrogen (secondary N) is 2. The van der Waals surface area contributed by atoms with Gasteiger partial charge in [0.1, 0.15) is 10.6 Å². The van der Waals surface area contributed by atoms with Crippen LogP contribution in [0.5, 0.6) is 5.75 Å². The molecule has 0 saturated carbocycles. The number of hydrogen-bond donors (Lipinski definition) is 2. The number of aromatic nitrogens is 1. The molecular formula is C21H26N4O5S. The predicted molar refractivity (Wildman–Crippen MR) is 113 cm³/mol. The summed E-state index contributed by atoms with van der Waals surface area (Å²) in [5.41, 5.74) is 6.68. The molecule has 0 bridgehead atoms. The molecule has 1 aromatic carbocycles. The van der Waals surface area contributed by atoms with Gasteiger partial charge in [-0.1, -0.05) is 12.1 Å². The number of rotatable bonds is 6. The molecule has 166 valence electrons. The van der Waals surface area contributed by atoms with Crippen molar-refractivity contribution >= 4 is 21.8 Å². The smallest absolute Gasteiger partial charge is 0.276 e. The quantitative estimate of drug-likeness (QED) is 0.647. The third kappa shape index (κ3) is 5.80. The maximum atomic E-state index is 12.6. The Labute approximate surface area is 181 Å². The number of sulfonamides is 1. The van der Waals surface area contributed by atoms with E-state index >= 15 is 0 Å². The zero-order chi connectivity index (χ0) is 22.4. The molecule has 2 amide bonds. The molecule has 1 aromatic heterocycles. The lowest BCUT2D eigenvalue weighted by Crippen LogP contribution is -2.49. The zero-order valence-corrected chi connectivity index (χ0v) is 18.3. The van der Waals surface area contributed by atoms with E-state index in [0.717, 1.165) is 11.1 Å². The van der Waals surface area contributed by atoms with Gasteiger partial charge in [0.25, 0.3) is 5.91 Å². The summed E-state index contributed by atoms with van der Waals surface area (Å²) in [6.07, 6.45) is 3.54. The highest BCUT2D eigenvalue weighted by Crippen LogP contribution is 2.23. The van der Waals surface area contributed by atoms with E-state index in [-0.39, 0.29) is 36.4 Å². The first-order chi connectivity index (χ1) is 14.8. The third-order valence-electron chi connectivity index (χ3n) is 5.12. The summed E-state index contributed by atoms with van der Waals surface area (Å²) in [5, 5.41) is 0. The van der Waals surface area contributed by atoms with Crippen LogP contribution >= 0.6 is 0 Å². The van der Waals surface area contributed by atoms with Gasteiger partial charge in [-0.15, -0.1) is 0 Å². The van der Waals surface area contributed by atoms with Crippen molar-refractivity contribution in [1.29, 1.82) is 0 Å². The number of amides is 2. The molecule has 1 saturated heterocycles. The van der Waals surface area contributed by atoms with E-state index in [4.69, 9.17) is 4.74 Å². The first kappa shape index (κ1) is 22.7. The Hall–Kier alpha value is -2.98. The number of aryl methyl sites for hydroxylation is 2. The maximum Gasteiger partial charge on any atom is 0.276 e. The first-order valence-corrected chi connectivity index (χ1v) is 11.4.